The van der Waals surface area contributed by atoms with Crippen molar-refractivity contribution in [1.82, 2.24) is 9.97 Å². The first-order valence-corrected chi connectivity index (χ1v) is 9.90. The molecule has 0 spiro atoms. The van der Waals surface area contributed by atoms with E-state index >= 15 is 0 Å². The van der Waals surface area contributed by atoms with Crippen LogP contribution < -0.4 is 5.73 Å². The fourth-order valence-electron chi connectivity index (χ4n) is 3.11. The Hall–Kier alpha value is -2.72. The highest BCUT2D eigenvalue weighted by atomic mass is 35.5. The third-order valence-electron chi connectivity index (χ3n) is 4.49. The van der Waals surface area contributed by atoms with Gasteiger partial charge in [-0.1, -0.05) is 54.9 Å². The number of nitrogens with two attached hydrogens (primary N) is 1. The maximum atomic E-state index is 11.0. The van der Waals surface area contributed by atoms with E-state index in [-0.39, 0.29) is 12.3 Å². The van der Waals surface area contributed by atoms with Gasteiger partial charge >= 0.3 is 0 Å². The van der Waals surface area contributed by atoms with Crippen LogP contribution in [0.5, 0.6) is 0 Å². The summed E-state index contributed by atoms with van der Waals surface area (Å²) in [5.41, 5.74) is 10.3. The van der Waals surface area contributed by atoms with E-state index in [2.05, 4.69) is 6.92 Å². The first-order valence-electron chi connectivity index (χ1n) is 9.52. The lowest BCUT2D eigenvalue weighted by atomic mass is 10.0. The number of rotatable bonds is 8. The molecule has 0 aliphatic heterocycles. The number of carbonyl (C=O) groups is 1. The molecule has 0 saturated heterocycles. The van der Waals surface area contributed by atoms with Crippen molar-refractivity contribution in [3.05, 3.63) is 82.3 Å². The van der Waals surface area contributed by atoms with Crippen LogP contribution in [-0.4, -0.2) is 15.9 Å². The van der Waals surface area contributed by atoms with Gasteiger partial charge in [-0.25, -0.2) is 9.97 Å². The summed E-state index contributed by atoms with van der Waals surface area (Å²) < 4.78 is 0. The molecule has 0 fully saturated rings. The Morgan fingerprint density at radius 1 is 0.964 bits per heavy atom. The largest absolute Gasteiger partial charge is 0.369 e. The highest BCUT2D eigenvalue weighted by Gasteiger charge is 2.08. The second-order valence-electron chi connectivity index (χ2n) is 6.88. The van der Waals surface area contributed by atoms with E-state index in [1.165, 1.54) is 5.56 Å². The molecule has 28 heavy (non-hydrogen) atoms. The second kappa shape index (κ2) is 9.47. The van der Waals surface area contributed by atoms with Gasteiger partial charge in [0.25, 0.3) is 0 Å². The molecule has 4 nitrogen and oxygen atoms in total. The molecule has 0 saturated carbocycles. The van der Waals surface area contributed by atoms with E-state index in [1.54, 1.807) is 0 Å². The summed E-state index contributed by atoms with van der Waals surface area (Å²) in [7, 11) is 0. The third kappa shape index (κ3) is 5.64. The first kappa shape index (κ1) is 20.0. The molecular weight excluding hydrogens is 370 g/mol. The van der Waals surface area contributed by atoms with E-state index < -0.39 is 0 Å². The SMILES string of the molecule is CCCc1nc(CCc2ccc(CC(N)=O)cc2)cc(-c2cccc(Cl)c2)n1. The molecule has 3 rings (SSSR count). The zero-order chi connectivity index (χ0) is 19.9. The van der Waals surface area contributed by atoms with Crippen LogP contribution in [0.3, 0.4) is 0 Å². The van der Waals surface area contributed by atoms with Crippen LogP contribution in [0.4, 0.5) is 0 Å². The number of aryl methyl sites for hydroxylation is 3. The summed E-state index contributed by atoms with van der Waals surface area (Å²) in [5.74, 6) is 0.553. The van der Waals surface area contributed by atoms with Gasteiger partial charge in [0, 0.05) is 22.7 Å². The minimum atomic E-state index is -0.314. The van der Waals surface area contributed by atoms with Crippen molar-refractivity contribution in [2.45, 2.75) is 39.0 Å². The van der Waals surface area contributed by atoms with Gasteiger partial charge in [0.1, 0.15) is 5.82 Å². The van der Waals surface area contributed by atoms with E-state index in [1.807, 2.05) is 54.6 Å². The number of amides is 1. The molecule has 3 aromatic rings. The number of hydrogen-bond donors (Lipinski definition) is 1. The second-order valence-corrected chi connectivity index (χ2v) is 7.32. The zero-order valence-electron chi connectivity index (χ0n) is 16.0. The average molecular weight is 394 g/mol. The lowest BCUT2D eigenvalue weighted by molar-refractivity contribution is -0.117. The van der Waals surface area contributed by atoms with Gasteiger partial charge in [-0.15, -0.1) is 0 Å². The molecule has 0 radical (unpaired) electrons. The third-order valence-corrected chi connectivity index (χ3v) is 4.73. The molecule has 0 aliphatic rings. The average Bonchev–Trinajstić information content (AvgIpc) is 2.67. The normalized spacial score (nSPS) is 10.8. The summed E-state index contributed by atoms with van der Waals surface area (Å²) in [6, 6.07) is 17.8. The van der Waals surface area contributed by atoms with Crippen molar-refractivity contribution >= 4 is 17.5 Å². The van der Waals surface area contributed by atoms with E-state index in [9.17, 15) is 4.79 Å². The number of aromatic nitrogens is 2. The molecule has 144 valence electrons. The van der Waals surface area contributed by atoms with Crippen LogP contribution in [0.25, 0.3) is 11.3 Å². The van der Waals surface area contributed by atoms with Crippen molar-refractivity contribution in [3.8, 4) is 11.3 Å². The zero-order valence-corrected chi connectivity index (χ0v) is 16.7. The fourth-order valence-corrected chi connectivity index (χ4v) is 3.30. The van der Waals surface area contributed by atoms with Crippen molar-refractivity contribution in [3.63, 3.8) is 0 Å². The summed E-state index contributed by atoms with van der Waals surface area (Å²) >= 11 is 6.15. The molecule has 0 aliphatic carbocycles. The molecule has 1 aromatic heterocycles. The molecule has 2 aromatic carbocycles. The van der Waals surface area contributed by atoms with Crippen LogP contribution in [0.15, 0.2) is 54.6 Å². The van der Waals surface area contributed by atoms with E-state index in [4.69, 9.17) is 27.3 Å². The maximum absolute atomic E-state index is 11.0. The number of halogens is 1. The molecular formula is C23H24ClN3O. The lowest BCUT2D eigenvalue weighted by Gasteiger charge is -2.09. The van der Waals surface area contributed by atoms with Crippen molar-refractivity contribution in [2.75, 3.05) is 0 Å². The maximum Gasteiger partial charge on any atom is 0.221 e. The van der Waals surface area contributed by atoms with Gasteiger partial charge in [-0.3, -0.25) is 4.79 Å². The molecule has 1 heterocycles. The highest BCUT2D eigenvalue weighted by Crippen LogP contribution is 2.22. The Morgan fingerprint density at radius 3 is 2.39 bits per heavy atom. The van der Waals surface area contributed by atoms with Crippen molar-refractivity contribution in [2.24, 2.45) is 5.73 Å². The molecule has 5 heteroatoms. The van der Waals surface area contributed by atoms with Gasteiger partial charge in [0.2, 0.25) is 5.91 Å². The smallest absolute Gasteiger partial charge is 0.221 e. The van der Waals surface area contributed by atoms with Gasteiger partial charge in [0.15, 0.2) is 0 Å². The summed E-state index contributed by atoms with van der Waals surface area (Å²) in [6.07, 6.45) is 3.81. The number of nitrogens with zero attached hydrogens (tertiary/aromatic N) is 2. The molecule has 0 bridgehead atoms. The van der Waals surface area contributed by atoms with E-state index in [0.29, 0.717) is 5.02 Å². The van der Waals surface area contributed by atoms with Crippen molar-refractivity contribution < 1.29 is 4.79 Å². The summed E-state index contributed by atoms with van der Waals surface area (Å²) in [6.45, 7) is 2.13. The quantitative estimate of drug-likeness (QED) is 0.609. The molecule has 2 N–H and O–H groups in total. The van der Waals surface area contributed by atoms with Gasteiger partial charge < -0.3 is 5.73 Å². The fraction of sp³-hybridized carbons (Fsp3) is 0.261. The highest BCUT2D eigenvalue weighted by molar-refractivity contribution is 6.30. The summed E-state index contributed by atoms with van der Waals surface area (Å²) in [4.78, 5) is 20.5. The van der Waals surface area contributed by atoms with Crippen molar-refractivity contribution in [1.29, 1.82) is 0 Å². The summed E-state index contributed by atoms with van der Waals surface area (Å²) in [5, 5.41) is 0.700. The topological polar surface area (TPSA) is 68.9 Å². The Labute approximate surface area is 170 Å². The Bertz CT molecular complexity index is 954. The predicted molar refractivity (Wildman–Crippen MR) is 113 cm³/mol. The Kier molecular flexibility index (Phi) is 6.77. The van der Waals surface area contributed by atoms with Gasteiger partial charge in [0.05, 0.1) is 12.1 Å². The van der Waals surface area contributed by atoms with Crippen LogP contribution in [0.1, 0.15) is 36.0 Å². The first-order chi connectivity index (χ1) is 13.5. The van der Waals surface area contributed by atoms with Gasteiger partial charge in [-0.05, 0) is 48.6 Å². The van der Waals surface area contributed by atoms with E-state index in [0.717, 1.165) is 54.0 Å². The molecule has 1 amide bonds. The standard InChI is InChI=1S/C23H24ClN3O/c1-2-4-23-26-20(15-21(27-23)18-5-3-6-19(24)14-18)12-11-16-7-9-17(10-8-16)13-22(25)28/h3,5-10,14-15H,2,4,11-13H2,1H3,(H2,25,28). The van der Waals surface area contributed by atoms with Crippen LogP contribution in [0, 0.1) is 0 Å². The number of benzene rings is 2. The van der Waals surface area contributed by atoms with Crippen LogP contribution in [-0.2, 0) is 30.5 Å². The predicted octanol–water partition coefficient (Wildman–Crippen LogP) is 4.56. The number of carbonyl (C=O) groups excluding carboxylic acids is 1. The lowest BCUT2D eigenvalue weighted by Crippen LogP contribution is -2.13. The van der Waals surface area contributed by atoms with Crippen LogP contribution >= 0.6 is 11.6 Å². The Balaban J connectivity index is 1.78. The van der Waals surface area contributed by atoms with Gasteiger partial charge in [-0.2, -0.15) is 0 Å². The monoisotopic (exact) mass is 393 g/mol. The molecule has 0 atom stereocenters. The molecule has 0 unspecified atom stereocenters. The minimum Gasteiger partial charge on any atom is -0.369 e. The minimum absolute atomic E-state index is 0.273. The Morgan fingerprint density at radius 2 is 1.71 bits per heavy atom. The van der Waals surface area contributed by atoms with Crippen LogP contribution in [0.2, 0.25) is 5.02 Å². The number of hydrogen-bond acceptors (Lipinski definition) is 3. The number of primary amides is 1.